The van der Waals surface area contributed by atoms with Gasteiger partial charge in [-0.25, -0.2) is 24.3 Å². The Bertz CT molecular complexity index is 1290. The maximum absolute atomic E-state index is 14.0. The highest BCUT2D eigenvalue weighted by atomic mass is 19.1. The zero-order chi connectivity index (χ0) is 21.4. The Balaban J connectivity index is 1.62. The molecule has 2 N–H and O–H groups in total. The molecule has 1 unspecified atom stereocenters. The maximum atomic E-state index is 14.0. The minimum absolute atomic E-state index is 0.345. The molecular weight excluding hydrogens is 397 g/mol. The molecule has 2 aromatic heterocycles. The lowest BCUT2D eigenvalue weighted by atomic mass is 9.99. The van der Waals surface area contributed by atoms with Crippen molar-refractivity contribution >= 4 is 40.5 Å². The monoisotopic (exact) mass is 415 g/mol. The van der Waals surface area contributed by atoms with Crippen LogP contribution in [0.3, 0.4) is 0 Å². The van der Waals surface area contributed by atoms with E-state index in [-0.39, 0.29) is 6.04 Å². The first-order valence-corrected chi connectivity index (χ1v) is 9.74. The third-order valence-electron chi connectivity index (χ3n) is 5.19. The number of imidazole rings is 1. The van der Waals surface area contributed by atoms with E-state index in [4.69, 9.17) is 4.99 Å². The van der Waals surface area contributed by atoms with Crippen LogP contribution in [-0.2, 0) is 4.79 Å². The van der Waals surface area contributed by atoms with E-state index in [1.54, 1.807) is 12.4 Å². The average Bonchev–Trinajstić information content (AvgIpc) is 3.28. The fourth-order valence-electron chi connectivity index (χ4n) is 3.79. The number of carbonyl (C=O) groups excluding carboxylic acids is 1. The Morgan fingerprint density at radius 1 is 1.16 bits per heavy atom. The molecule has 0 bridgehead atoms. The van der Waals surface area contributed by atoms with Crippen LogP contribution >= 0.6 is 0 Å². The van der Waals surface area contributed by atoms with Gasteiger partial charge in [-0.1, -0.05) is 18.2 Å². The number of H-pyrrole nitrogens is 1. The van der Waals surface area contributed by atoms with Gasteiger partial charge in [0.25, 0.3) is 0 Å². The fraction of sp³-hybridized carbons (Fsp3) is 0.136. The van der Waals surface area contributed by atoms with Crippen molar-refractivity contribution in [3.63, 3.8) is 0 Å². The highest BCUT2D eigenvalue weighted by Crippen LogP contribution is 2.38. The largest absolute Gasteiger partial charge is 0.358 e. The molecule has 0 fully saturated rings. The van der Waals surface area contributed by atoms with Crippen LogP contribution in [0.2, 0.25) is 0 Å². The number of hydrogen-bond acceptors (Lipinski definition) is 7. The van der Waals surface area contributed by atoms with Gasteiger partial charge in [-0.3, -0.25) is 0 Å². The van der Waals surface area contributed by atoms with Gasteiger partial charge >= 0.3 is 0 Å². The van der Waals surface area contributed by atoms with E-state index >= 15 is 0 Å². The first kappa shape index (κ1) is 18.9. The summed E-state index contributed by atoms with van der Waals surface area (Å²) in [4.78, 5) is 34.5. The first-order valence-electron chi connectivity index (χ1n) is 9.74. The van der Waals surface area contributed by atoms with Gasteiger partial charge in [0.2, 0.25) is 0 Å². The number of aliphatic imine (C=N–C) groups is 1. The Morgan fingerprint density at radius 2 is 2.00 bits per heavy atom. The summed E-state index contributed by atoms with van der Waals surface area (Å²) in [7, 11) is 0. The lowest BCUT2D eigenvalue weighted by Crippen LogP contribution is -2.46. The number of fused-ring (bicyclic) bond motifs is 2. The Hall–Kier alpha value is -4.14. The van der Waals surface area contributed by atoms with Crippen molar-refractivity contribution in [2.75, 3.05) is 10.2 Å². The molecule has 0 amide bonds. The van der Waals surface area contributed by atoms with E-state index in [2.05, 4.69) is 25.3 Å². The van der Waals surface area contributed by atoms with Crippen LogP contribution < -0.4 is 10.2 Å². The number of carbonyl (C=O) groups is 1. The van der Waals surface area contributed by atoms with E-state index in [0.29, 0.717) is 34.1 Å². The highest BCUT2D eigenvalue weighted by molar-refractivity contribution is 6.09. The third-order valence-corrected chi connectivity index (χ3v) is 5.19. The van der Waals surface area contributed by atoms with Crippen LogP contribution in [0.15, 0.2) is 66.2 Å². The van der Waals surface area contributed by atoms with Crippen LogP contribution in [0.4, 0.5) is 21.6 Å². The molecule has 1 aliphatic rings. The summed E-state index contributed by atoms with van der Waals surface area (Å²) in [6, 6.07) is 12.7. The molecule has 0 aliphatic carbocycles. The number of nitrogens with zero attached hydrogens (tertiary/aromatic N) is 5. The van der Waals surface area contributed by atoms with Gasteiger partial charge in [0.1, 0.15) is 35.8 Å². The SMILES string of the molecule is CC(Nc1ncnc2nc[nH]c12)C1=Nc2ccc(F)cc2[C@@H](C=O)N1c1ccccc1. The molecule has 4 aromatic rings. The second-order valence-corrected chi connectivity index (χ2v) is 7.15. The molecule has 1 aliphatic heterocycles. The summed E-state index contributed by atoms with van der Waals surface area (Å²) in [5.41, 5.74) is 3.07. The topological polar surface area (TPSA) is 99.2 Å². The number of hydrogen-bond donors (Lipinski definition) is 2. The van der Waals surface area contributed by atoms with Crippen LogP contribution in [0, 0.1) is 5.82 Å². The number of para-hydroxylation sites is 1. The minimum Gasteiger partial charge on any atom is -0.358 e. The molecule has 8 nitrogen and oxygen atoms in total. The molecule has 154 valence electrons. The molecule has 0 spiro atoms. The quantitative estimate of drug-likeness (QED) is 0.481. The van der Waals surface area contributed by atoms with Crippen LogP contribution in [0.25, 0.3) is 11.2 Å². The second kappa shape index (κ2) is 7.60. The van der Waals surface area contributed by atoms with Crippen molar-refractivity contribution < 1.29 is 9.18 Å². The summed E-state index contributed by atoms with van der Waals surface area (Å²) in [5.74, 6) is 0.762. The lowest BCUT2D eigenvalue weighted by Gasteiger charge is -2.38. The highest BCUT2D eigenvalue weighted by Gasteiger charge is 2.34. The van der Waals surface area contributed by atoms with Gasteiger partial charge in [0, 0.05) is 11.3 Å². The molecule has 5 rings (SSSR count). The first-order chi connectivity index (χ1) is 15.2. The number of aromatic nitrogens is 4. The smallest absolute Gasteiger partial charge is 0.182 e. The van der Waals surface area contributed by atoms with Gasteiger partial charge in [-0.2, -0.15) is 0 Å². The zero-order valence-corrected chi connectivity index (χ0v) is 16.5. The molecular formula is C22H18FN7O. The lowest BCUT2D eigenvalue weighted by molar-refractivity contribution is -0.108. The maximum Gasteiger partial charge on any atom is 0.182 e. The number of nitrogens with one attached hydrogen (secondary N) is 2. The van der Waals surface area contributed by atoms with Crippen molar-refractivity contribution in [1.82, 2.24) is 19.9 Å². The number of amidine groups is 1. The number of benzene rings is 2. The summed E-state index contributed by atoms with van der Waals surface area (Å²) in [6.45, 7) is 1.93. The van der Waals surface area contributed by atoms with Crippen LogP contribution in [0.1, 0.15) is 18.5 Å². The Morgan fingerprint density at radius 3 is 2.81 bits per heavy atom. The number of anilines is 2. The Labute approximate surface area is 176 Å². The third kappa shape index (κ3) is 3.29. The average molecular weight is 415 g/mol. The van der Waals surface area contributed by atoms with Crippen LogP contribution in [0.5, 0.6) is 0 Å². The molecule has 2 atom stereocenters. The fourth-order valence-corrected chi connectivity index (χ4v) is 3.79. The van der Waals surface area contributed by atoms with Gasteiger partial charge < -0.3 is 20.0 Å². The summed E-state index contributed by atoms with van der Waals surface area (Å²) in [5, 5.41) is 3.34. The van der Waals surface area contributed by atoms with Crippen molar-refractivity contribution in [3.8, 4) is 0 Å². The number of aldehydes is 1. The van der Waals surface area contributed by atoms with Crippen molar-refractivity contribution in [3.05, 3.63) is 72.6 Å². The van der Waals surface area contributed by atoms with E-state index in [0.717, 1.165) is 12.0 Å². The van der Waals surface area contributed by atoms with Crippen LogP contribution in [-0.4, -0.2) is 38.1 Å². The van der Waals surface area contributed by atoms with Crippen molar-refractivity contribution in [1.29, 1.82) is 0 Å². The molecule has 31 heavy (non-hydrogen) atoms. The number of halogens is 1. The zero-order valence-electron chi connectivity index (χ0n) is 16.5. The standard InChI is InChI=1S/C22H18FN7O/c1-13(28-21-19-20(25-11-24-19)26-12-27-21)22-29-17-8-7-14(23)9-16(17)18(10-31)30(22)15-5-3-2-4-6-15/h2-13,18H,1H3,(H2,24,25,26,27,28)/t13?,18-/m1/s1. The number of aromatic amines is 1. The molecule has 0 saturated heterocycles. The molecule has 0 saturated carbocycles. The Kier molecular flexibility index (Phi) is 4.62. The van der Waals surface area contributed by atoms with E-state index < -0.39 is 11.9 Å². The normalized spacial score (nSPS) is 16.5. The van der Waals surface area contributed by atoms with Crippen molar-refractivity contribution in [2.24, 2.45) is 4.99 Å². The van der Waals surface area contributed by atoms with Gasteiger partial charge in [-0.15, -0.1) is 0 Å². The van der Waals surface area contributed by atoms with E-state index in [9.17, 15) is 9.18 Å². The second-order valence-electron chi connectivity index (χ2n) is 7.15. The molecule has 9 heteroatoms. The van der Waals surface area contributed by atoms with E-state index in [1.165, 1.54) is 18.5 Å². The van der Waals surface area contributed by atoms with Gasteiger partial charge in [0.15, 0.2) is 11.5 Å². The predicted molar refractivity (Wildman–Crippen MR) is 116 cm³/mol. The van der Waals surface area contributed by atoms with Crippen molar-refractivity contribution in [2.45, 2.75) is 19.0 Å². The van der Waals surface area contributed by atoms with Gasteiger partial charge in [-0.05, 0) is 37.3 Å². The molecule has 3 heterocycles. The molecule has 2 aromatic carbocycles. The summed E-state index contributed by atoms with van der Waals surface area (Å²) < 4.78 is 14.0. The molecule has 0 radical (unpaired) electrons. The predicted octanol–water partition coefficient (Wildman–Crippen LogP) is 3.78. The summed E-state index contributed by atoms with van der Waals surface area (Å²) in [6.07, 6.45) is 3.80. The minimum atomic E-state index is -0.720. The number of rotatable bonds is 5. The summed E-state index contributed by atoms with van der Waals surface area (Å²) >= 11 is 0. The van der Waals surface area contributed by atoms with Gasteiger partial charge in [0.05, 0.1) is 18.1 Å². The van der Waals surface area contributed by atoms with E-state index in [1.807, 2.05) is 42.2 Å².